The van der Waals surface area contributed by atoms with Gasteiger partial charge < -0.3 is 19.3 Å². The van der Waals surface area contributed by atoms with Crippen LogP contribution in [-0.2, 0) is 30.1 Å². The Labute approximate surface area is 223 Å². The predicted octanol–water partition coefficient (Wildman–Crippen LogP) is 5.78. The van der Waals surface area contributed by atoms with Crippen molar-refractivity contribution in [1.29, 1.82) is 0 Å². The van der Waals surface area contributed by atoms with E-state index >= 15 is 0 Å². The van der Waals surface area contributed by atoms with E-state index in [1.807, 2.05) is 55.4 Å². The van der Waals surface area contributed by atoms with E-state index in [4.69, 9.17) is 9.47 Å². The van der Waals surface area contributed by atoms with Gasteiger partial charge in [0.05, 0.1) is 30.2 Å². The van der Waals surface area contributed by atoms with E-state index in [-0.39, 0.29) is 22.9 Å². The molecule has 36 heavy (non-hydrogen) atoms. The maximum Gasteiger partial charge on any atom is 0.225 e. The summed E-state index contributed by atoms with van der Waals surface area (Å²) in [6.07, 6.45) is 1.92. The first kappa shape index (κ1) is 35.2. The van der Waals surface area contributed by atoms with Crippen molar-refractivity contribution >= 4 is 22.8 Å². The highest BCUT2D eigenvalue weighted by Crippen LogP contribution is 2.44. The highest BCUT2D eigenvalue weighted by Gasteiger charge is 2.43. The Balaban J connectivity index is 4.68. The first-order valence-electron chi connectivity index (χ1n) is 13.0. The van der Waals surface area contributed by atoms with E-state index in [2.05, 4.69) is 33.0 Å². The summed E-state index contributed by atoms with van der Waals surface area (Å²) in [6.45, 7) is 26.9. The Morgan fingerprint density at radius 1 is 0.806 bits per heavy atom. The molecule has 0 aromatic heterocycles. The second kappa shape index (κ2) is 12.8. The number of ketones is 1. The molecule has 8 heteroatoms. The smallest absolute Gasteiger partial charge is 0.225 e. The van der Waals surface area contributed by atoms with Gasteiger partial charge in [-0.15, -0.1) is 0 Å². The van der Waals surface area contributed by atoms with Gasteiger partial charge >= 0.3 is 0 Å². The van der Waals surface area contributed by atoms with E-state index in [0.717, 1.165) is 6.42 Å². The molecule has 0 saturated heterocycles. The lowest BCUT2D eigenvalue weighted by molar-refractivity contribution is -0.140. The number of amides is 1. The molecule has 0 heterocycles. The summed E-state index contributed by atoms with van der Waals surface area (Å²) in [5.41, 5.74) is -2.55. The Morgan fingerprint density at radius 2 is 1.33 bits per heavy atom. The second-order valence-corrected chi connectivity index (χ2v) is 15.1. The molecule has 1 amide bonds. The first-order chi connectivity index (χ1) is 15.9. The normalized spacial score (nSPS) is 15.1. The van der Waals surface area contributed by atoms with E-state index in [1.165, 1.54) is 0 Å². The topological polar surface area (TPSA) is 102 Å². The number of nitrogens with one attached hydrogen (secondary N) is 1. The molecule has 0 aliphatic heterocycles. The van der Waals surface area contributed by atoms with Crippen LogP contribution >= 0.6 is 0 Å². The van der Waals surface area contributed by atoms with Crippen LogP contribution in [0.15, 0.2) is 0 Å². The number of Topliss-reactive ketones (excluding diaryl/α,β-unsaturated/α-hetero) is 1. The summed E-state index contributed by atoms with van der Waals surface area (Å²) in [4.78, 5) is 24.8. The number of hydrogen-bond acceptors (Lipinski definition) is 5. The average Bonchev–Trinajstić information content (AvgIpc) is 2.61. The quantitative estimate of drug-likeness (QED) is 0.182. The fourth-order valence-corrected chi connectivity index (χ4v) is 5.43. The van der Waals surface area contributed by atoms with Crippen LogP contribution in [0, 0.1) is 21.7 Å². The SMILES string of the molecule is CC(=O)C(C)(C)CC(C)(C)C(C)(C)OCCC(C)(C)OCCNC(=O)C(C)(C)CC(C)(C)CS(=O)O. The van der Waals surface area contributed by atoms with Gasteiger partial charge in [0.1, 0.15) is 5.78 Å². The minimum atomic E-state index is -1.90. The van der Waals surface area contributed by atoms with Crippen LogP contribution in [0.3, 0.4) is 0 Å². The maximum absolute atomic E-state index is 12.7. The van der Waals surface area contributed by atoms with Gasteiger partial charge in [0.2, 0.25) is 5.91 Å². The largest absolute Gasteiger partial charge is 0.375 e. The lowest BCUT2D eigenvalue weighted by atomic mass is 9.66. The third-order valence-corrected chi connectivity index (χ3v) is 8.59. The predicted molar refractivity (Wildman–Crippen MR) is 148 cm³/mol. The van der Waals surface area contributed by atoms with Crippen molar-refractivity contribution in [1.82, 2.24) is 5.32 Å². The molecule has 0 rings (SSSR count). The molecule has 0 radical (unpaired) electrons. The standard InChI is InChI=1S/C28H55NO6S/c1-21(30)24(4,5)19-26(8,9)28(12,13)35-16-14-27(10,11)34-17-15-29-22(31)25(6,7)18-23(2,3)20-36(32)33/h14-20H2,1-13H3,(H,29,31)(H,32,33). The van der Waals surface area contributed by atoms with Crippen LogP contribution in [0.4, 0.5) is 0 Å². The van der Waals surface area contributed by atoms with Crippen molar-refractivity contribution in [2.24, 2.45) is 21.7 Å². The third-order valence-electron chi connectivity index (χ3n) is 7.56. The summed E-state index contributed by atoms with van der Waals surface area (Å²) in [5, 5.41) is 2.94. The molecule has 0 aliphatic rings. The Hall–Kier alpha value is -0.830. The molecular weight excluding hydrogens is 478 g/mol. The van der Waals surface area contributed by atoms with Crippen LogP contribution in [0.2, 0.25) is 0 Å². The maximum atomic E-state index is 12.7. The zero-order valence-corrected chi connectivity index (χ0v) is 26.2. The number of hydrogen-bond donors (Lipinski definition) is 2. The van der Waals surface area contributed by atoms with Crippen molar-refractivity contribution < 1.29 is 27.8 Å². The summed E-state index contributed by atoms with van der Waals surface area (Å²) in [6, 6.07) is 0. The lowest BCUT2D eigenvalue weighted by Gasteiger charge is -2.45. The van der Waals surface area contributed by atoms with Gasteiger partial charge in [0, 0.05) is 17.4 Å². The van der Waals surface area contributed by atoms with Gasteiger partial charge in [-0.3, -0.25) is 9.59 Å². The minimum absolute atomic E-state index is 0.0958. The van der Waals surface area contributed by atoms with E-state index < -0.39 is 38.5 Å². The monoisotopic (exact) mass is 533 g/mol. The molecule has 0 fully saturated rings. The zero-order chi connectivity index (χ0) is 28.8. The molecule has 0 aliphatic carbocycles. The van der Waals surface area contributed by atoms with Crippen LogP contribution in [-0.4, -0.2) is 57.2 Å². The van der Waals surface area contributed by atoms with Gasteiger partial charge in [-0.1, -0.05) is 55.4 Å². The molecule has 2 N–H and O–H groups in total. The average molecular weight is 534 g/mol. The third kappa shape index (κ3) is 12.1. The Morgan fingerprint density at radius 3 is 1.81 bits per heavy atom. The molecule has 1 atom stereocenters. The van der Waals surface area contributed by atoms with Gasteiger partial charge in [0.25, 0.3) is 0 Å². The molecule has 0 aromatic carbocycles. The molecule has 0 aromatic rings. The molecular formula is C28H55NO6S. The summed E-state index contributed by atoms with van der Waals surface area (Å²) >= 11 is -1.90. The molecule has 0 spiro atoms. The molecule has 0 bridgehead atoms. The number of rotatable bonds is 17. The molecule has 1 unspecified atom stereocenters. The Kier molecular flexibility index (Phi) is 12.5. The van der Waals surface area contributed by atoms with Crippen molar-refractivity contribution in [3.8, 4) is 0 Å². The van der Waals surface area contributed by atoms with Gasteiger partial charge in [0.15, 0.2) is 11.1 Å². The van der Waals surface area contributed by atoms with Crippen LogP contribution in [0.5, 0.6) is 0 Å². The van der Waals surface area contributed by atoms with Crippen molar-refractivity contribution in [2.45, 2.75) is 120 Å². The molecule has 0 saturated carbocycles. The van der Waals surface area contributed by atoms with Gasteiger partial charge in [-0.25, -0.2) is 4.21 Å². The minimum Gasteiger partial charge on any atom is -0.375 e. The van der Waals surface area contributed by atoms with Crippen molar-refractivity contribution in [2.75, 3.05) is 25.5 Å². The fourth-order valence-electron chi connectivity index (χ4n) is 4.65. The van der Waals surface area contributed by atoms with E-state index in [1.54, 1.807) is 6.92 Å². The lowest BCUT2D eigenvalue weighted by Crippen LogP contribution is -2.46. The highest BCUT2D eigenvalue weighted by atomic mass is 32.2. The summed E-state index contributed by atoms with van der Waals surface area (Å²) in [7, 11) is 0. The van der Waals surface area contributed by atoms with Crippen LogP contribution in [0.1, 0.15) is 109 Å². The highest BCUT2D eigenvalue weighted by molar-refractivity contribution is 7.79. The van der Waals surface area contributed by atoms with Crippen LogP contribution < -0.4 is 5.32 Å². The fraction of sp³-hybridized carbons (Fsp3) is 0.929. The number of carbonyl (C=O) groups is 2. The van der Waals surface area contributed by atoms with Gasteiger partial charge in [-0.2, -0.15) is 0 Å². The van der Waals surface area contributed by atoms with E-state index in [9.17, 15) is 18.4 Å². The summed E-state index contributed by atoms with van der Waals surface area (Å²) < 4.78 is 32.8. The Bertz CT molecular complexity index is 768. The number of carbonyl (C=O) groups excluding carboxylic acids is 2. The van der Waals surface area contributed by atoms with Gasteiger partial charge in [-0.05, 0) is 64.7 Å². The van der Waals surface area contributed by atoms with Crippen molar-refractivity contribution in [3.63, 3.8) is 0 Å². The summed E-state index contributed by atoms with van der Waals surface area (Å²) in [5.74, 6) is 0.217. The second-order valence-electron chi connectivity index (χ2n) is 14.2. The zero-order valence-electron chi connectivity index (χ0n) is 25.3. The number of ether oxygens (including phenoxy) is 2. The molecule has 214 valence electrons. The van der Waals surface area contributed by atoms with E-state index in [0.29, 0.717) is 32.6 Å². The first-order valence-corrected chi connectivity index (χ1v) is 14.3. The molecule has 7 nitrogen and oxygen atoms in total. The van der Waals surface area contributed by atoms with Crippen LogP contribution in [0.25, 0.3) is 0 Å². The van der Waals surface area contributed by atoms with Crippen molar-refractivity contribution in [3.05, 3.63) is 0 Å².